The smallest absolute Gasteiger partial charge is 0.324 e. The summed E-state index contributed by atoms with van der Waals surface area (Å²) in [5.41, 5.74) is 0. The summed E-state index contributed by atoms with van der Waals surface area (Å²) in [6.45, 7) is 9.90. The molecule has 0 spiro atoms. The van der Waals surface area contributed by atoms with Gasteiger partial charge in [-0.3, -0.25) is 19.6 Å². The monoisotopic (exact) mass is 468 g/mol. The molecule has 0 bridgehead atoms. The number of morpholine rings is 1. The van der Waals surface area contributed by atoms with Crippen LogP contribution in [0.25, 0.3) is 0 Å². The van der Waals surface area contributed by atoms with E-state index in [-0.39, 0.29) is 42.5 Å². The van der Waals surface area contributed by atoms with Gasteiger partial charge in [0.2, 0.25) is 5.91 Å². The standard InChI is InChI=1S/C15H28N6O3.HI/c1-3-16-14(17-4-5-21-13(22)11-19-15(21)23)18-10-12(2)20-6-8-24-9-7-20;/h12H,3-11H2,1-2H3,(H,19,23)(H2,16,17,18);1H. The molecule has 2 aliphatic rings. The van der Waals surface area contributed by atoms with Gasteiger partial charge < -0.3 is 20.7 Å². The molecule has 0 aromatic carbocycles. The van der Waals surface area contributed by atoms with Gasteiger partial charge >= 0.3 is 6.03 Å². The zero-order chi connectivity index (χ0) is 17.4. The van der Waals surface area contributed by atoms with Gasteiger partial charge in [-0.25, -0.2) is 4.79 Å². The van der Waals surface area contributed by atoms with Gasteiger partial charge in [-0.1, -0.05) is 0 Å². The fourth-order valence-electron chi connectivity index (χ4n) is 2.67. The highest BCUT2D eigenvalue weighted by Crippen LogP contribution is 2.03. The minimum atomic E-state index is -0.329. The van der Waals surface area contributed by atoms with Crippen molar-refractivity contribution in [2.75, 3.05) is 59.0 Å². The second-order valence-corrected chi connectivity index (χ2v) is 5.85. The topological polar surface area (TPSA) is 98.3 Å². The quantitative estimate of drug-likeness (QED) is 0.201. The first kappa shape index (κ1) is 21.9. The van der Waals surface area contributed by atoms with Crippen LogP contribution in [0.5, 0.6) is 0 Å². The van der Waals surface area contributed by atoms with Crippen molar-refractivity contribution in [3.05, 3.63) is 0 Å². The Hall–Kier alpha value is -1.14. The number of carbonyl (C=O) groups is 2. The van der Waals surface area contributed by atoms with Gasteiger partial charge in [0.1, 0.15) is 0 Å². The zero-order valence-electron chi connectivity index (χ0n) is 14.9. The minimum absolute atomic E-state index is 0. The van der Waals surface area contributed by atoms with E-state index in [0.29, 0.717) is 31.6 Å². The predicted molar refractivity (Wildman–Crippen MR) is 106 cm³/mol. The Bertz CT molecular complexity index is 454. The SMILES string of the molecule is CCNC(=NCC(C)N1CCOCC1)NCCN1C(=O)CNC1=O.I. The number of rotatable bonds is 7. The first-order valence-electron chi connectivity index (χ1n) is 8.54. The summed E-state index contributed by atoms with van der Waals surface area (Å²) >= 11 is 0. The number of guanidine groups is 1. The van der Waals surface area contributed by atoms with Crippen molar-refractivity contribution >= 4 is 41.9 Å². The molecule has 0 aromatic rings. The van der Waals surface area contributed by atoms with Crippen LogP contribution < -0.4 is 16.0 Å². The molecule has 0 radical (unpaired) electrons. The van der Waals surface area contributed by atoms with Crippen molar-refractivity contribution in [1.29, 1.82) is 0 Å². The lowest BCUT2D eigenvalue weighted by atomic mass is 10.2. The third kappa shape index (κ3) is 6.94. The van der Waals surface area contributed by atoms with Crippen molar-refractivity contribution in [3.63, 3.8) is 0 Å². The predicted octanol–water partition coefficient (Wildman–Crippen LogP) is -0.568. The van der Waals surface area contributed by atoms with Crippen LogP contribution in [-0.4, -0.2) is 92.8 Å². The van der Waals surface area contributed by atoms with E-state index < -0.39 is 0 Å². The number of halogens is 1. The molecule has 2 rings (SSSR count). The van der Waals surface area contributed by atoms with Crippen LogP contribution in [0, 0.1) is 0 Å². The summed E-state index contributed by atoms with van der Waals surface area (Å²) in [5, 5.41) is 8.86. The largest absolute Gasteiger partial charge is 0.379 e. The summed E-state index contributed by atoms with van der Waals surface area (Å²) in [4.78, 5) is 31.2. The maximum absolute atomic E-state index is 11.5. The Labute approximate surface area is 165 Å². The number of ether oxygens (including phenoxy) is 1. The molecule has 2 aliphatic heterocycles. The van der Waals surface area contributed by atoms with Crippen LogP contribution in [0.15, 0.2) is 4.99 Å². The summed E-state index contributed by atoms with van der Waals surface area (Å²) in [7, 11) is 0. The first-order chi connectivity index (χ1) is 11.6. The average molecular weight is 468 g/mol. The van der Waals surface area contributed by atoms with Crippen LogP contribution in [0.4, 0.5) is 4.79 Å². The number of aliphatic imine (C=N–C) groups is 1. The van der Waals surface area contributed by atoms with Gasteiger partial charge in [0.25, 0.3) is 0 Å². The molecule has 2 saturated heterocycles. The Kier molecular flexibility index (Phi) is 10.0. The molecular formula is C15H29IN6O3. The van der Waals surface area contributed by atoms with Crippen molar-refractivity contribution in [1.82, 2.24) is 25.8 Å². The highest BCUT2D eigenvalue weighted by Gasteiger charge is 2.27. The molecule has 3 amide bonds. The van der Waals surface area contributed by atoms with Crippen LogP contribution in [-0.2, 0) is 9.53 Å². The van der Waals surface area contributed by atoms with Crippen molar-refractivity contribution in [3.8, 4) is 0 Å². The van der Waals surface area contributed by atoms with E-state index in [1.54, 1.807) is 0 Å². The van der Waals surface area contributed by atoms with Gasteiger partial charge in [0.05, 0.1) is 26.3 Å². The summed E-state index contributed by atoms with van der Waals surface area (Å²) in [6.07, 6.45) is 0. The lowest BCUT2D eigenvalue weighted by Gasteiger charge is -2.31. The van der Waals surface area contributed by atoms with Crippen molar-refractivity contribution in [2.24, 2.45) is 4.99 Å². The van der Waals surface area contributed by atoms with E-state index in [4.69, 9.17) is 4.74 Å². The molecule has 0 aromatic heterocycles. The number of carbonyl (C=O) groups excluding carboxylic acids is 2. The van der Waals surface area contributed by atoms with Crippen LogP contribution in [0.1, 0.15) is 13.8 Å². The summed E-state index contributed by atoms with van der Waals surface area (Å²) < 4.78 is 5.37. The Morgan fingerprint density at radius 2 is 2.04 bits per heavy atom. The molecule has 1 unspecified atom stereocenters. The third-order valence-corrected chi connectivity index (χ3v) is 4.09. The van der Waals surface area contributed by atoms with E-state index in [2.05, 4.69) is 32.8 Å². The van der Waals surface area contributed by atoms with Gasteiger partial charge in [-0.2, -0.15) is 0 Å². The number of imide groups is 1. The number of nitrogens with zero attached hydrogens (tertiary/aromatic N) is 3. The highest BCUT2D eigenvalue weighted by molar-refractivity contribution is 14.0. The number of hydrogen-bond acceptors (Lipinski definition) is 5. The third-order valence-electron chi connectivity index (χ3n) is 4.09. The van der Waals surface area contributed by atoms with E-state index in [0.717, 1.165) is 32.8 Å². The molecule has 3 N–H and O–H groups in total. The van der Waals surface area contributed by atoms with Crippen molar-refractivity contribution < 1.29 is 14.3 Å². The molecular weight excluding hydrogens is 439 g/mol. The lowest BCUT2D eigenvalue weighted by molar-refractivity contribution is -0.124. The Balaban J connectivity index is 0.00000312. The normalized spacial score (nSPS) is 20.1. The van der Waals surface area contributed by atoms with E-state index in [9.17, 15) is 9.59 Å². The van der Waals surface area contributed by atoms with Gasteiger partial charge in [0, 0.05) is 38.8 Å². The van der Waals surface area contributed by atoms with E-state index in [1.807, 2.05) is 6.92 Å². The molecule has 10 heteroatoms. The lowest BCUT2D eigenvalue weighted by Crippen LogP contribution is -2.45. The maximum atomic E-state index is 11.5. The van der Waals surface area contributed by atoms with Crippen LogP contribution in [0.3, 0.4) is 0 Å². The van der Waals surface area contributed by atoms with E-state index >= 15 is 0 Å². The molecule has 9 nitrogen and oxygen atoms in total. The number of nitrogens with one attached hydrogen (secondary N) is 3. The second kappa shape index (κ2) is 11.5. The highest BCUT2D eigenvalue weighted by atomic mass is 127. The Morgan fingerprint density at radius 1 is 1.32 bits per heavy atom. The van der Waals surface area contributed by atoms with Gasteiger partial charge in [-0.05, 0) is 13.8 Å². The molecule has 0 aliphatic carbocycles. The summed E-state index contributed by atoms with van der Waals surface area (Å²) in [5.74, 6) is 0.509. The second-order valence-electron chi connectivity index (χ2n) is 5.85. The molecule has 0 saturated carbocycles. The fraction of sp³-hybridized carbons (Fsp3) is 0.800. The van der Waals surface area contributed by atoms with Crippen LogP contribution >= 0.6 is 24.0 Å². The van der Waals surface area contributed by atoms with Crippen LogP contribution in [0.2, 0.25) is 0 Å². The van der Waals surface area contributed by atoms with Gasteiger partial charge in [-0.15, -0.1) is 24.0 Å². The minimum Gasteiger partial charge on any atom is -0.379 e. The maximum Gasteiger partial charge on any atom is 0.324 e. The summed E-state index contributed by atoms with van der Waals surface area (Å²) in [6, 6.07) is 0.0139. The zero-order valence-corrected chi connectivity index (χ0v) is 17.2. The number of urea groups is 1. The van der Waals surface area contributed by atoms with Gasteiger partial charge in [0.15, 0.2) is 5.96 Å². The number of amides is 3. The average Bonchev–Trinajstić information content (AvgIpc) is 2.92. The number of hydrogen-bond donors (Lipinski definition) is 3. The molecule has 144 valence electrons. The molecule has 25 heavy (non-hydrogen) atoms. The molecule has 2 fully saturated rings. The molecule has 2 heterocycles. The first-order valence-corrected chi connectivity index (χ1v) is 8.54. The fourth-order valence-corrected chi connectivity index (χ4v) is 2.67. The Morgan fingerprint density at radius 3 is 2.64 bits per heavy atom. The molecule has 1 atom stereocenters. The van der Waals surface area contributed by atoms with E-state index in [1.165, 1.54) is 4.90 Å². The van der Waals surface area contributed by atoms with Crippen molar-refractivity contribution in [2.45, 2.75) is 19.9 Å².